The lowest BCUT2D eigenvalue weighted by atomic mass is 9.86. The summed E-state index contributed by atoms with van der Waals surface area (Å²) in [5.74, 6) is 0.944. The number of benzene rings is 1. The van der Waals surface area contributed by atoms with Crippen molar-refractivity contribution in [1.82, 2.24) is 5.32 Å². The Balaban J connectivity index is 1.89. The van der Waals surface area contributed by atoms with Gasteiger partial charge >= 0.3 is 0 Å². The molecule has 112 valence electrons. The predicted octanol–water partition coefficient (Wildman–Crippen LogP) is 2.80. The molecule has 0 heterocycles. The van der Waals surface area contributed by atoms with Crippen molar-refractivity contribution in [3.63, 3.8) is 0 Å². The van der Waals surface area contributed by atoms with Gasteiger partial charge in [0.1, 0.15) is 0 Å². The van der Waals surface area contributed by atoms with Crippen LogP contribution in [0.3, 0.4) is 0 Å². The van der Waals surface area contributed by atoms with Crippen LogP contribution in [-0.2, 0) is 6.54 Å². The van der Waals surface area contributed by atoms with E-state index in [4.69, 9.17) is 4.74 Å². The van der Waals surface area contributed by atoms with Gasteiger partial charge in [-0.1, -0.05) is 12.8 Å². The molecule has 3 N–H and O–H groups in total. The van der Waals surface area contributed by atoms with Crippen LogP contribution < -0.4 is 10.1 Å². The number of rotatable bonds is 5. The molecule has 1 aromatic carbocycles. The fraction of sp³-hybridized carbons (Fsp3) is 0.600. The minimum absolute atomic E-state index is 0.124. The summed E-state index contributed by atoms with van der Waals surface area (Å²) in [5, 5.41) is 23.1. The van der Waals surface area contributed by atoms with Gasteiger partial charge in [0.25, 0.3) is 0 Å². The fourth-order valence-corrected chi connectivity index (χ4v) is 3.20. The molecule has 0 radical (unpaired) electrons. The van der Waals surface area contributed by atoms with Crippen molar-refractivity contribution in [2.24, 2.45) is 5.92 Å². The molecule has 0 spiro atoms. The number of nitrogens with one attached hydrogen (secondary N) is 1. The second-order valence-corrected chi connectivity index (χ2v) is 6.23. The van der Waals surface area contributed by atoms with Gasteiger partial charge in [-0.15, -0.1) is 0 Å². The lowest BCUT2D eigenvalue weighted by Crippen LogP contribution is -2.33. The SMILES string of the molecule is COc1cc(CNCC2CCCCC2O)cc(Br)c1O. The molecule has 5 heteroatoms. The monoisotopic (exact) mass is 343 g/mol. The topological polar surface area (TPSA) is 61.7 Å². The third kappa shape index (κ3) is 3.87. The van der Waals surface area contributed by atoms with Gasteiger partial charge in [-0.05, 0) is 52.4 Å². The van der Waals surface area contributed by atoms with Crippen molar-refractivity contribution >= 4 is 15.9 Å². The summed E-state index contributed by atoms with van der Waals surface area (Å²) in [7, 11) is 1.54. The van der Waals surface area contributed by atoms with Gasteiger partial charge in [-0.3, -0.25) is 0 Å². The average molecular weight is 344 g/mol. The average Bonchev–Trinajstić information content (AvgIpc) is 2.44. The Morgan fingerprint density at radius 1 is 1.35 bits per heavy atom. The number of aliphatic hydroxyl groups is 1. The summed E-state index contributed by atoms with van der Waals surface area (Å²) in [6, 6.07) is 3.70. The second-order valence-electron chi connectivity index (χ2n) is 5.37. The molecule has 1 aromatic rings. The summed E-state index contributed by atoms with van der Waals surface area (Å²) in [6.45, 7) is 1.51. The van der Waals surface area contributed by atoms with Crippen LogP contribution in [0, 0.1) is 5.92 Å². The minimum atomic E-state index is -0.169. The number of phenolic OH excluding ortho intramolecular Hbond substituents is 1. The van der Waals surface area contributed by atoms with Crippen LogP contribution in [0.4, 0.5) is 0 Å². The first-order valence-electron chi connectivity index (χ1n) is 7.06. The van der Waals surface area contributed by atoms with Crippen molar-refractivity contribution < 1.29 is 14.9 Å². The van der Waals surface area contributed by atoms with Gasteiger partial charge in [0.05, 0.1) is 17.7 Å². The molecule has 1 aliphatic carbocycles. The van der Waals surface area contributed by atoms with Crippen molar-refractivity contribution in [3.8, 4) is 11.5 Å². The Morgan fingerprint density at radius 3 is 2.80 bits per heavy atom. The van der Waals surface area contributed by atoms with Crippen LogP contribution in [0.15, 0.2) is 16.6 Å². The third-order valence-corrected chi connectivity index (χ3v) is 4.52. The molecule has 4 nitrogen and oxygen atoms in total. The zero-order valence-corrected chi connectivity index (χ0v) is 13.3. The highest BCUT2D eigenvalue weighted by atomic mass is 79.9. The number of halogens is 1. The van der Waals surface area contributed by atoms with Crippen LogP contribution in [0.1, 0.15) is 31.2 Å². The first kappa shape index (κ1) is 15.6. The number of aromatic hydroxyl groups is 1. The van der Waals surface area contributed by atoms with E-state index < -0.39 is 0 Å². The summed E-state index contributed by atoms with van der Waals surface area (Å²) in [4.78, 5) is 0. The van der Waals surface area contributed by atoms with Crippen LogP contribution in [0.25, 0.3) is 0 Å². The Labute approximate surface area is 128 Å². The van der Waals surface area contributed by atoms with E-state index in [2.05, 4.69) is 21.2 Å². The van der Waals surface area contributed by atoms with E-state index in [9.17, 15) is 10.2 Å². The molecule has 20 heavy (non-hydrogen) atoms. The number of hydrogen-bond donors (Lipinski definition) is 3. The second kappa shape index (κ2) is 7.29. The number of phenols is 1. The number of ether oxygens (including phenoxy) is 1. The maximum atomic E-state index is 9.93. The van der Waals surface area contributed by atoms with E-state index in [-0.39, 0.29) is 11.9 Å². The van der Waals surface area contributed by atoms with Crippen molar-refractivity contribution in [1.29, 1.82) is 0 Å². The van der Waals surface area contributed by atoms with Gasteiger partial charge < -0.3 is 20.3 Å². The quantitative estimate of drug-likeness (QED) is 0.769. The Morgan fingerprint density at radius 2 is 2.10 bits per heavy atom. The van der Waals surface area contributed by atoms with Crippen molar-refractivity contribution in [2.75, 3.05) is 13.7 Å². The first-order valence-corrected chi connectivity index (χ1v) is 7.85. The highest BCUT2D eigenvalue weighted by Gasteiger charge is 2.22. The molecule has 1 fully saturated rings. The summed E-state index contributed by atoms with van der Waals surface area (Å²) >= 11 is 3.32. The normalized spacial score (nSPS) is 22.8. The molecule has 1 saturated carbocycles. The van der Waals surface area contributed by atoms with E-state index in [1.54, 1.807) is 0 Å². The van der Waals surface area contributed by atoms with Crippen molar-refractivity contribution in [3.05, 3.63) is 22.2 Å². The van der Waals surface area contributed by atoms with E-state index in [0.717, 1.165) is 31.4 Å². The number of aliphatic hydroxyl groups excluding tert-OH is 1. The van der Waals surface area contributed by atoms with E-state index in [1.165, 1.54) is 13.5 Å². The lowest BCUT2D eigenvalue weighted by molar-refractivity contribution is 0.0695. The fourth-order valence-electron chi connectivity index (χ4n) is 2.71. The Kier molecular flexibility index (Phi) is 5.69. The van der Waals surface area contributed by atoms with Gasteiger partial charge in [-0.25, -0.2) is 0 Å². The molecule has 0 bridgehead atoms. The highest BCUT2D eigenvalue weighted by Crippen LogP contribution is 2.35. The Hall–Kier alpha value is -0.780. The first-order chi connectivity index (χ1) is 9.61. The molecule has 2 rings (SSSR count). The summed E-state index contributed by atoms with van der Waals surface area (Å²) in [5.41, 5.74) is 1.04. The molecular weight excluding hydrogens is 322 g/mol. The van der Waals surface area contributed by atoms with Crippen molar-refractivity contribution in [2.45, 2.75) is 38.3 Å². The van der Waals surface area contributed by atoms with Gasteiger partial charge in [0.2, 0.25) is 0 Å². The van der Waals surface area contributed by atoms with E-state index in [1.807, 2.05) is 12.1 Å². The molecular formula is C15H22BrNO3. The predicted molar refractivity (Wildman–Crippen MR) is 82.0 cm³/mol. The van der Waals surface area contributed by atoms with Gasteiger partial charge in [0, 0.05) is 13.1 Å². The van der Waals surface area contributed by atoms with Crippen LogP contribution >= 0.6 is 15.9 Å². The molecule has 0 saturated heterocycles. The highest BCUT2D eigenvalue weighted by molar-refractivity contribution is 9.10. The van der Waals surface area contributed by atoms with E-state index >= 15 is 0 Å². The molecule has 0 aliphatic heterocycles. The maximum absolute atomic E-state index is 9.93. The van der Waals surface area contributed by atoms with Gasteiger partial charge in [0.15, 0.2) is 11.5 Å². The van der Waals surface area contributed by atoms with Crippen LogP contribution in [0.2, 0.25) is 0 Å². The largest absolute Gasteiger partial charge is 0.503 e. The smallest absolute Gasteiger partial charge is 0.172 e. The van der Waals surface area contributed by atoms with E-state index in [0.29, 0.717) is 22.7 Å². The summed E-state index contributed by atoms with van der Waals surface area (Å²) < 4.78 is 5.76. The molecule has 0 amide bonds. The molecule has 0 aromatic heterocycles. The molecule has 2 atom stereocenters. The van der Waals surface area contributed by atoms with Gasteiger partial charge in [-0.2, -0.15) is 0 Å². The maximum Gasteiger partial charge on any atom is 0.172 e. The Bertz CT molecular complexity index is 453. The zero-order chi connectivity index (χ0) is 14.5. The third-order valence-electron chi connectivity index (χ3n) is 3.91. The minimum Gasteiger partial charge on any atom is -0.503 e. The van der Waals surface area contributed by atoms with Crippen LogP contribution in [-0.4, -0.2) is 30.0 Å². The summed E-state index contributed by atoms with van der Waals surface area (Å²) in [6.07, 6.45) is 4.20. The zero-order valence-electron chi connectivity index (χ0n) is 11.7. The van der Waals surface area contributed by atoms with Crippen LogP contribution in [0.5, 0.6) is 11.5 Å². The standard InChI is InChI=1S/C15H22BrNO3/c1-20-14-7-10(6-12(16)15(14)19)8-17-9-11-4-2-3-5-13(11)18/h6-7,11,13,17-19H,2-5,8-9H2,1H3. The number of hydrogen-bond acceptors (Lipinski definition) is 4. The molecule has 2 unspecified atom stereocenters. The molecule has 1 aliphatic rings. The lowest BCUT2D eigenvalue weighted by Gasteiger charge is -2.27. The number of methoxy groups -OCH3 is 1.